The van der Waals surface area contributed by atoms with Crippen molar-refractivity contribution in [2.45, 2.75) is 39.7 Å². The Labute approximate surface area is 181 Å². The number of nitrogens with zero attached hydrogens (tertiary/aromatic N) is 4. The maximum absolute atomic E-state index is 12.9. The summed E-state index contributed by atoms with van der Waals surface area (Å²) >= 11 is 3.36. The third-order valence-corrected chi connectivity index (χ3v) is 5.09. The maximum atomic E-state index is 12.9. The summed E-state index contributed by atoms with van der Waals surface area (Å²) < 4.78 is 7.62. The summed E-state index contributed by atoms with van der Waals surface area (Å²) in [5.41, 5.74) is 0.610. The first-order valence-electron chi connectivity index (χ1n) is 9.54. The first-order chi connectivity index (χ1) is 14.3. The lowest BCUT2D eigenvalue weighted by Crippen LogP contribution is -2.22. The molecule has 156 valence electrons. The van der Waals surface area contributed by atoms with E-state index in [0.717, 1.165) is 10.9 Å². The molecule has 0 saturated heterocycles. The molecular weight excluding hydrogens is 452 g/mol. The number of nitro groups is 1. The Hall–Kier alpha value is -3.07. The van der Waals surface area contributed by atoms with Gasteiger partial charge in [0, 0.05) is 22.5 Å². The molecule has 1 heterocycles. The van der Waals surface area contributed by atoms with Crippen molar-refractivity contribution in [1.82, 2.24) is 9.66 Å². The summed E-state index contributed by atoms with van der Waals surface area (Å²) in [6, 6.07) is 9.88. The van der Waals surface area contributed by atoms with Gasteiger partial charge in [-0.25, -0.2) is 4.98 Å². The lowest BCUT2D eigenvalue weighted by Gasteiger charge is -2.12. The molecule has 0 unspecified atom stereocenters. The number of ether oxygens (including phenoxy) is 1. The third-order valence-electron chi connectivity index (χ3n) is 4.60. The van der Waals surface area contributed by atoms with Crippen molar-refractivity contribution < 1.29 is 9.66 Å². The van der Waals surface area contributed by atoms with Crippen molar-refractivity contribution in [2.75, 3.05) is 0 Å². The first-order valence-corrected chi connectivity index (χ1v) is 10.3. The molecule has 3 aromatic rings. The average Bonchev–Trinajstić information content (AvgIpc) is 2.73. The predicted molar refractivity (Wildman–Crippen MR) is 120 cm³/mol. The van der Waals surface area contributed by atoms with Crippen LogP contribution in [0.4, 0.5) is 5.69 Å². The van der Waals surface area contributed by atoms with Crippen LogP contribution in [0.15, 0.2) is 50.8 Å². The summed E-state index contributed by atoms with van der Waals surface area (Å²) in [4.78, 5) is 28.4. The monoisotopic (exact) mass is 472 g/mol. The molecule has 0 aliphatic carbocycles. The topological polar surface area (TPSA) is 99.6 Å². The Morgan fingerprint density at radius 3 is 2.73 bits per heavy atom. The highest BCUT2D eigenvalue weighted by molar-refractivity contribution is 9.10. The predicted octanol–water partition coefficient (Wildman–Crippen LogP) is 4.69. The van der Waals surface area contributed by atoms with E-state index in [2.05, 4.69) is 26.0 Å². The van der Waals surface area contributed by atoms with Crippen LogP contribution in [-0.2, 0) is 6.42 Å². The fourth-order valence-electron chi connectivity index (χ4n) is 2.82. The van der Waals surface area contributed by atoms with Gasteiger partial charge >= 0.3 is 5.69 Å². The van der Waals surface area contributed by atoms with Crippen LogP contribution in [0.3, 0.4) is 0 Å². The Morgan fingerprint density at radius 2 is 2.07 bits per heavy atom. The Morgan fingerprint density at radius 1 is 1.30 bits per heavy atom. The van der Waals surface area contributed by atoms with Crippen LogP contribution in [0.1, 0.15) is 38.6 Å². The van der Waals surface area contributed by atoms with Crippen LogP contribution in [-0.4, -0.2) is 26.9 Å². The molecule has 1 atom stereocenters. The van der Waals surface area contributed by atoms with E-state index >= 15 is 0 Å². The molecule has 1 aromatic heterocycles. The quantitative estimate of drug-likeness (QED) is 0.282. The average molecular weight is 473 g/mol. The highest BCUT2D eigenvalue weighted by Gasteiger charge is 2.17. The second kappa shape index (κ2) is 9.17. The second-order valence-corrected chi connectivity index (χ2v) is 7.64. The van der Waals surface area contributed by atoms with Crippen molar-refractivity contribution in [3.8, 4) is 5.75 Å². The van der Waals surface area contributed by atoms with E-state index in [-0.39, 0.29) is 23.1 Å². The van der Waals surface area contributed by atoms with E-state index in [1.807, 2.05) is 26.8 Å². The molecule has 0 N–H and O–H groups in total. The van der Waals surface area contributed by atoms with Gasteiger partial charge in [0.1, 0.15) is 5.82 Å². The fraction of sp³-hybridized carbons (Fsp3) is 0.286. The molecule has 0 fully saturated rings. The molecule has 0 radical (unpaired) electrons. The van der Waals surface area contributed by atoms with Crippen LogP contribution >= 0.6 is 15.9 Å². The number of benzene rings is 2. The van der Waals surface area contributed by atoms with E-state index in [4.69, 9.17) is 4.74 Å². The minimum Gasteiger partial charge on any atom is -0.484 e. The highest BCUT2D eigenvalue weighted by Crippen LogP contribution is 2.29. The molecule has 0 aliphatic heterocycles. The molecule has 30 heavy (non-hydrogen) atoms. The van der Waals surface area contributed by atoms with E-state index < -0.39 is 4.92 Å². The zero-order chi connectivity index (χ0) is 21.8. The number of nitro benzene ring substituents is 1. The molecule has 0 aliphatic rings. The highest BCUT2D eigenvalue weighted by atomic mass is 79.9. The summed E-state index contributed by atoms with van der Waals surface area (Å²) in [6.07, 6.45) is 2.50. The van der Waals surface area contributed by atoms with E-state index in [1.54, 1.807) is 24.3 Å². The molecule has 8 nitrogen and oxygen atoms in total. The van der Waals surface area contributed by atoms with Crippen LogP contribution < -0.4 is 10.3 Å². The lowest BCUT2D eigenvalue weighted by atomic mass is 10.2. The van der Waals surface area contributed by atoms with Crippen LogP contribution in [0.5, 0.6) is 5.75 Å². The summed E-state index contributed by atoms with van der Waals surface area (Å²) in [7, 11) is 0. The van der Waals surface area contributed by atoms with Gasteiger partial charge in [0.25, 0.3) is 5.56 Å². The molecule has 0 saturated carbocycles. The Kier molecular flexibility index (Phi) is 6.61. The molecule has 0 bridgehead atoms. The standard InChI is InChI=1S/C21H21BrN4O4/c1-4-13(3)30-19-9-6-14(10-18(19)26(28)29)12-23-25-20(5-2)24-17-8-7-15(22)11-16(17)21(25)27/h6-13H,4-5H2,1-3H3/t13-/m1/s1. The molecule has 0 spiro atoms. The van der Waals surface area contributed by atoms with Gasteiger partial charge in [0.05, 0.1) is 28.1 Å². The van der Waals surface area contributed by atoms with Crippen molar-refractivity contribution in [2.24, 2.45) is 5.10 Å². The zero-order valence-corrected chi connectivity index (χ0v) is 18.4. The fourth-order valence-corrected chi connectivity index (χ4v) is 3.19. The van der Waals surface area contributed by atoms with Gasteiger partial charge < -0.3 is 4.74 Å². The SMILES string of the molecule is CCc1nc2ccc(Br)cc2c(=O)n1N=Cc1ccc(O[C@H](C)CC)c([N+](=O)[O-])c1. The largest absolute Gasteiger partial charge is 0.484 e. The number of halogens is 1. The number of rotatable bonds is 7. The number of aromatic nitrogens is 2. The number of aryl methyl sites for hydroxylation is 1. The van der Waals surface area contributed by atoms with Gasteiger partial charge in [-0.15, -0.1) is 0 Å². The third kappa shape index (κ3) is 4.56. The maximum Gasteiger partial charge on any atom is 0.311 e. The second-order valence-electron chi connectivity index (χ2n) is 6.73. The minimum absolute atomic E-state index is 0.142. The van der Waals surface area contributed by atoms with E-state index in [0.29, 0.717) is 28.7 Å². The van der Waals surface area contributed by atoms with Crippen LogP contribution in [0.25, 0.3) is 10.9 Å². The van der Waals surface area contributed by atoms with Crippen molar-refractivity contribution in [3.63, 3.8) is 0 Å². The summed E-state index contributed by atoms with van der Waals surface area (Å²) in [6.45, 7) is 5.67. The minimum atomic E-state index is -0.492. The van der Waals surface area contributed by atoms with Gasteiger partial charge in [-0.3, -0.25) is 14.9 Å². The van der Waals surface area contributed by atoms with Crippen LogP contribution in [0.2, 0.25) is 0 Å². The smallest absolute Gasteiger partial charge is 0.311 e. The number of fused-ring (bicyclic) bond motifs is 1. The molecule has 0 amide bonds. The van der Waals surface area contributed by atoms with Crippen LogP contribution in [0, 0.1) is 10.1 Å². The molecule has 9 heteroatoms. The van der Waals surface area contributed by atoms with Gasteiger partial charge in [0.2, 0.25) is 0 Å². The van der Waals surface area contributed by atoms with E-state index in [1.165, 1.54) is 17.0 Å². The van der Waals surface area contributed by atoms with Crippen molar-refractivity contribution in [3.05, 3.63) is 72.7 Å². The van der Waals surface area contributed by atoms with Crippen molar-refractivity contribution >= 4 is 38.7 Å². The van der Waals surface area contributed by atoms with Gasteiger partial charge in [-0.05, 0) is 43.7 Å². The molecular formula is C21H21BrN4O4. The zero-order valence-electron chi connectivity index (χ0n) is 16.8. The lowest BCUT2D eigenvalue weighted by molar-refractivity contribution is -0.386. The number of hydrogen-bond acceptors (Lipinski definition) is 6. The summed E-state index contributed by atoms with van der Waals surface area (Å²) in [5.74, 6) is 0.701. The van der Waals surface area contributed by atoms with Gasteiger partial charge in [-0.1, -0.05) is 29.8 Å². The molecule has 2 aromatic carbocycles. The normalized spacial score (nSPS) is 12.4. The summed E-state index contributed by atoms with van der Waals surface area (Å²) in [5, 5.41) is 16.2. The van der Waals surface area contributed by atoms with Gasteiger partial charge in [0.15, 0.2) is 5.75 Å². The first kappa shape index (κ1) is 21.6. The van der Waals surface area contributed by atoms with Gasteiger partial charge in [-0.2, -0.15) is 9.78 Å². The molecule has 3 rings (SSSR count). The number of hydrogen-bond donors (Lipinski definition) is 0. The van der Waals surface area contributed by atoms with Crippen molar-refractivity contribution in [1.29, 1.82) is 0 Å². The van der Waals surface area contributed by atoms with E-state index in [9.17, 15) is 14.9 Å². The Balaban J connectivity index is 2.04. The Bertz CT molecular complexity index is 1190.